The van der Waals surface area contributed by atoms with Crippen LogP contribution in [0.5, 0.6) is 23.0 Å². The largest absolute Gasteiger partial charge is 1.00 e. The average molecular weight is 1050 g/mol. The zero-order valence-corrected chi connectivity index (χ0v) is 44.9. The fourth-order valence-electron chi connectivity index (χ4n) is 10.8. The van der Waals surface area contributed by atoms with Crippen molar-refractivity contribution in [2.24, 2.45) is 11.8 Å². The fourth-order valence-corrected chi connectivity index (χ4v) is 10.8. The molecule has 2 aromatic rings. The van der Waals surface area contributed by atoms with Crippen LogP contribution >= 0.6 is 0 Å². The van der Waals surface area contributed by atoms with E-state index in [1.807, 2.05) is 84.9 Å². The molecule has 2 unspecified atom stereocenters. The summed E-state index contributed by atoms with van der Waals surface area (Å²) in [5, 5.41) is 32.9. The molecule has 2 aromatic carbocycles. The Morgan fingerprint density at radius 3 is 1.43 bits per heavy atom. The molecule has 2 amide bonds. The summed E-state index contributed by atoms with van der Waals surface area (Å²) < 4.78 is 43.1. The first-order valence-electron chi connectivity index (χ1n) is 26.3. The minimum atomic E-state index is -0.989. The third kappa shape index (κ3) is 16.3. The molecule has 5 fully saturated rings. The third-order valence-corrected chi connectivity index (χ3v) is 14.8. The van der Waals surface area contributed by atoms with Gasteiger partial charge in [-0.15, -0.1) is 0 Å². The Hall–Kier alpha value is -3.46. The fraction of sp³-hybridized carbons (Fsp3) is 0.722. The van der Waals surface area contributed by atoms with Crippen molar-refractivity contribution in [2.45, 2.75) is 147 Å². The van der Waals surface area contributed by atoms with Crippen LogP contribution in [-0.2, 0) is 34.9 Å². The molecule has 7 heterocycles. The van der Waals surface area contributed by atoms with Crippen LogP contribution in [0.2, 0.25) is 0 Å². The average Bonchev–Trinajstić information content (AvgIpc) is 4.18. The van der Waals surface area contributed by atoms with Crippen LogP contribution in [0.25, 0.3) is 0 Å². The predicted octanol–water partition coefficient (Wildman–Crippen LogP) is 2.71. The van der Waals surface area contributed by atoms with E-state index in [9.17, 15) is 29.7 Å². The molecule has 0 saturated carbocycles. The van der Waals surface area contributed by atoms with Crippen molar-refractivity contribution in [1.82, 2.24) is 19.6 Å². The zero-order chi connectivity index (χ0) is 51.7. The summed E-state index contributed by atoms with van der Waals surface area (Å²) in [7, 11) is 0. The van der Waals surface area contributed by atoms with Crippen molar-refractivity contribution < 1.29 is 87.9 Å². The Balaban J connectivity index is 0.000000286. The maximum absolute atomic E-state index is 13.0. The molecular weight excluding hydrogens is 963 g/mol. The molecule has 3 N–H and O–H groups in total. The van der Waals surface area contributed by atoms with Gasteiger partial charge in [-0.3, -0.25) is 14.6 Å². The second kappa shape index (κ2) is 27.2. The maximum atomic E-state index is 13.0. The number of amides is 2. The minimum Gasteiger partial charge on any atom is -1.00 e. The Morgan fingerprint density at radius 2 is 1.05 bits per heavy atom. The molecule has 18 nitrogen and oxygen atoms in total. The number of fused-ring (bicyclic) bond motifs is 2. The van der Waals surface area contributed by atoms with Crippen molar-refractivity contribution in [3.05, 3.63) is 47.5 Å². The second-order valence-electron chi connectivity index (χ2n) is 22.1. The van der Waals surface area contributed by atoms with Crippen LogP contribution in [0.15, 0.2) is 36.4 Å². The third-order valence-electron chi connectivity index (χ3n) is 14.8. The number of benzene rings is 2. The monoisotopic (exact) mass is 1050 g/mol. The van der Waals surface area contributed by atoms with Crippen molar-refractivity contribution in [1.29, 1.82) is 0 Å². The van der Waals surface area contributed by atoms with Gasteiger partial charge in [0.05, 0.1) is 24.4 Å². The Morgan fingerprint density at radius 1 is 0.649 bits per heavy atom. The molecule has 7 aliphatic rings. The Kier molecular flexibility index (Phi) is 22.6. The number of carbonyl (C=O) groups is 3. The van der Waals surface area contributed by atoms with Crippen molar-refractivity contribution in [2.75, 3.05) is 92.4 Å². The molecular formula is C54H86AlLiN4O14. The van der Waals surface area contributed by atoms with Gasteiger partial charge in [0, 0.05) is 71.6 Å². The summed E-state index contributed by atoms with van der Waals surface area (Å²) in [5.74, 6) is 2.90. The summed E-state index contributed by atoms with van der Waals surface area (Å²) in [6.07, 6.45) is 7.26. The van der Waals surface area contributed by atoms with Crippen LogP contribution in [0.3, 0.4) is 0 Å². The van der Waals surface area contributed by atoms with E-state index in [4.69, 9.17) is 37.9 Å². The molecule has 0 radical (unpaired) electrons. The number of nitrogens with zero attached hydrogens (tertiary/aromatic N) is 4. The van der Waals surface area contributed by atoms with E-state index >= 15 is 0 Å². The molecule has 410 valence electrons. The van der Waals surface area contributed by atoms with E-state index < -0.39 is 28.4 Å². The second-order valence-corrected chi connectivity index (χ2v) is 22.1. The summed E-state index contributed by atoms with van der Waals surface area (Å²) >= 11 is 0. The quantitative estimate of drug-likeness (QED) is 0.188. The number of aliphatic hydroxyl groups is 3. The van der Waals surface area contributed by atoms with Gasteiger partial charge in [0.1, 0.15) is 17.2 Å². The van der Waals surface area contributed by atoms with E-state index in [-0.39, 0.29) is 88.0 Å². The van der Waals surface area contributed by atoms with Crippen LogP contribution in [-0.4, -0.2) is 186 Å². The van der Waals surface area contributed by atoms with Crippen LogP contribution in [0.4, 0.5) is 9.59 Å². The van der Waals surface area contributed by atoms with Crippen molar-refractivity contribution >= 4 is 35.5 Å². The van der Waals surface area contributed by atoms with E-state index in [0.29, 0.717) is 126 Å². The number of rotatable bonds is 9. The first-order chi connectivity index (χ1) is 34.3. The number of likely N-dealkylation sites (tertiary alicyclic amines) is 4. The molecule has 7 aliphatic heterocycles. The van der Waals surface area contributed by atoms with Gasteiger partial charge in [0.25, 0.3) is 0 Å². The molecule has 9 rings (SSSR count). The predicted molar refractivity (Wildman–Crippen MR) is 278 cm³/mol. The van der Waals surface area contributed by atoms with Crippen molar-refractivity contribution in [3.63, 3.8) is 0 Å². The number of ether oxygens (including phenoxy) is 8. The summed E-state index contributed by atoms with van der Waals surface area (Å²) in [5.41, 5.74) is -1.27. The van der Waals surface area contributed by atoms with E-state index in [0.717, 1.165) is 37.2 Å². The molecule has 20 heteroatoms. The first-order valence-corrected chi connectivity index (χ1v) is 26.3. The number of aliphatic hydroxyl groups excluding tert-OH is 1. The van der Waals surface area contributed by atoms with Gasteiger partial charge in [0.15, 0.2) is 40.4 Å². The standard InChI is InChI=1S/C26H38N2O7.C24H36N2O6.C4H8O.Al.Li.4H/c1-5-32-23(29)22(18-8-12-28(13-9-18)24(30)35-25(2,3)4)27-14-10-26(31,11-15-27)19-6-7-20-21(16-19)34-17-33-20;1-23(2,3)32-22(28)26-10-6-17(7-11-26)19(15-27)25-12-8-24(29,9-13-25)18-4-5-20-21(14-18)31-16-30-20;1-2-4-5-3-1;;;;;;/h6-7,16,18,22,31H,5,8-15,17H2,1-4H3;4-5,14,17,19,27,29H,6-13,15-16H2,1-3H3;1-4H2;;;;;;/q;;;;+1;;;;-1. The Labute approximate surface area is 462 Å². The topological polar surface area (TPSA) is 199 Å². The van der Waals surface area contributed by atoms with Crippen LogP contribution < -0.4 is 37.8 Å². The van der Waals surface area contributed by atoms with E-state index in [2.05, 4.69) is 9.80 Å². The summed E-state index contributed by atoms with van der Waals surface area (Å²) in [6.45, 7) is 20.8. The van der Waals surface area contributed by atoms with E-state index in [1.165, 1.54) is 12.8 Å². The number of piperidine rings is 4. The van der Waals surface area contributed by atoms with Crippen LogP contribution in [0, 0.1) is 11.8 Å². The summed E-state index contributed by atoms with van der Waals surface area (Å²) in [4.78, 5) is 45.8. The van der Waals surface area contributed by atoms with Gasteiger partial charge in [-0.25, -0.2) is 9.59 Å². The van der Waals surface area contributed by atoms with Gasteiger partial charge in [-0.2, -0.15) is 0 Å². The zero-order valence-electron chi connectivity index (χ0n) is 45.9. The molecule has 0 aliphatic carbocycles. The number of esters is 1. The molecule has 2 atom stereocenters. The minimum absolute atomic E-state index is 0. The van der Waals surface area contributed by atoms with Gasteiger partial charge < -0.3 is 64.4 Å². The van der Waals surface area contributed by atoms with Gasteiger partial charge in [-0.05, 0) is 160 Å². The Bertz CT molecular complexity index is 2110. The normalized spacial score (nSPS) is 21.5. The molecule has 5 saturated heterocycles. The first kappa shape index (κ1) is 61.4. The van der Waals surface area contributed by atoms with Gasteiger partial charge in [0.2, 0.25) is 13.6 Å². The van der Waals surface area contributed by atoms with Crippen LogP contribution in [0.1, 0.15) is 125 Å². The van der Waals surface area contributed by atoms with E-state index in [1.54, 1.807) is 9.80 Å². The molecule has 0 aromatic heterocycles. The molecule has 0 spiro atoms. The SMILES string of the molecule is C1CCOC1.CC(C)(C)OC(=O)N1CCC(C(CO)N2CCC(O)(c3ccc4c(c3)OCO4)CC2)CC1.CCOC(=O)C(C1CCN(C(=O)OC(C)(C)C)CC1)N1CCC(O)(c2ccc3c(c2)OCO3)CC1.[AlH3].[H-].[Li+]. The molecule has 74 heavy (non-hydrogen) atoms. The molecule has 0 bridgehead atoms. The van der Waals surface area contributed by atoms with Gasteiger partial charge in [-0.1, -0.05) is 12.1 Å². The number of hydrogen-bond donors (Lipinski definition) is 3. The van der Waals surface area contributed by atoms with Crippen molar-refractivity contribution in [3.8, 4) is 23.0 Å². The number of carbonyl (C=O) groups excluding carboxylic acids is 3. The smallest absolute Gasteiger partial charge is 1.00 e. The number of hydrogen-bond acceptors (Lipinski definition) is 16. The summed E-state index contributed by atoms with van der Waals surface area (Å²) in [6, 6.07) is 10.9. The van der Waals surface area contributed by atoms with Gasteiger partial charge >= 0.3 is 37.0 Å². The maximum Gasteiger partial charge on any atom is 1.00 e.